The summed E-state index contributed by atoms with van der Waals surface area (Å²) in [7, 11) is 0. The Morgan fingerprint density at radius 1 is 1.03 bits per heavy atom. The highest BCUT2D eigenvalue weighted by Crippen LogP contribution is 2.45. The molecule has 0 radical (unpaired) electrons. The van der Waals surface area contributed by atoms with Crippen LogP contribution >= 0.6 is 12.1 Å². The quantitative estimate of drug-likeness (QED) is 0.446. The van der Waals surface area contributed by atoms with Gasteiger partial charge in [0.15, 0.2) is 0 Å². The van der Waals surface area contributed by atoms with Crippen LogP contribution in [-0.2, 0) is 14.4 Å². The Bertz CT molecular complexity index is 629. The molecule has 29 heavy (non-hydrogen) atoms. The van der Waals surface area contributed by atoms with Gasteiger partial charge in [-0.3, -0.25) is 19.1 Å². The van der Waals surface area contributed by atoms with Crippen LogP contribution in [0.2, 0.25) is 0 Å². The minimum absolute atomic E-state index is 0.0647. The summed E-state index contributed by atoms with van der Waals surface area (Å²) in [5.74, 6) is -0.435. The van der Waals surface area contributed by atoms with Crippen LogP contribution in [0, 0.1) is 5.92 Å². The van der Waals surface area contributed by atoms with E-state index in [4.69, 9.17) is 0 Å². The van der Waals surface area contributed by atoms with Crippen molar-refractivity contribution < 1.29 is 14.4 Å². The molecule has 1 spiro atoms. The second-order valence-corrected chi connectivity index (χ2v) is 9.10. The Labute approximate surface area is 178 Å². The Morgan fingerprint density at radius 3 is 2.48 bits per heavy atom. The first-order valence-electron chi connectivity index (χ1n) is 11.0. The average molecular weight is 423 g/mol. The third kappa shape index (κ3) is 5.54. The molecule has 0 aromatic carbocycles. The molecule has 0 aromatic heterocycles. The summed E-state index contributed by atoms with van der Waals surface area (Å²) in [6.07, 6.45) is 12.0. The van der Waals surface area contributed by atoms with Gasteiger partial charge >= 0.3 is 0 Å². The number of amides is 3. The molecule has 3 atom stereocenters. The number of nitrogens with zero attached hydrogens (tertiary/aromatic N) is 1. The molecule has 3 rings (SSSR count). The van der Waals surface area contributed by atoms with Crippen LogP contribution in [0.3, 0.4) is 0 Å². The molecule has 2 saturated heterocycles. The minimum Gasteiger partial charge on any atom is -0.339 e. The highest BCUT2D eigenvalue weighted by Gasteiger charge is 2.60. The molecule has 162 valence electrons. The second kappa shape index (κ2) is 10.5. The lowest BCUT2D eigenvalue weighted by atomic mass is 10.1. The standard InChI is InChI=1S/C21H34N4O3S/c1-2-16-15-21(16)20(28)24-29-22-13-9-7-5-3-4-6-8-12-18(26)25-14-10-11-17(25)19(27)23-21/h2,16-17,22H,1,3-15H2,(H,23,27)(H,24,28). The van der Waals surface area contributed by atoms with Crippen LogP contribution in [0.15, 0.2) is 12.7 Å². The van der Waals surface area contributed by atoms with E-state index in [1.165, 1.54) is 25.0 Å². The van der Waals surface area contributed by atoms with Crippen LogP contribution in [0.4, 0.5) is 0 Å². The fourth-order valence-corrected chi connectivity index (χ4v) is 4.99. The molecule has 3 fully saturated rings. The van der Waals surface area contributed by atoms with Crippen molar-refractivity contribution in [3.63, 3.8) is 0 Å². The Kier molecular flexibility index (Phi) is 8.00. The van der Waals surface area contributed by atoms with Gasteiger partial charge in [-0.2, -0.15) is 0 Å². The van der Waals surface area contributed by atoms with E-state index in [0.29, 0.717) is 25.8 Å². The van der Waals surface area contributed by atoms with Gasteiger partial charge < -0.3 is 10.2 Å². The van der Waals surface area contributed by atoms with E-state index in [1.807, 2.05) is 0 Å². The lowest BCUT2D eigenvalue weighted by Gasteiger charge is -2.26. The third-order valence-electron chi connectivity index (χ3n) is 6.31. The molecule has 7 nitrogen and oxygen atoms in total. The van der Waals surface area contributed by atoms with Crippen LogP contribution in [0.5, 0.6) is 0 Å². The summed E-state index contributed by atoms with van der Waals surface area (Å²) in [6.45, 7) is 5.26. The van der Waals surface area contributed by atoms with Gasteiger partial charge in [0.05, 0.1) is 0 Å². The van der Waals surface area contributed by atoms with Crippen molar-refractivity contribution in [3.8, 4) is 0 Å². The molecule has 2 heterocycles. The van der Waals surface area contributed by atoms with E-state index >= 15 is 0 Å². The zero-order valence-corrected chi connectivity index (χ0v) is 18.0. The van der Waals surface area contributed by atoms with E-state index in [1.54, 1.807) is 11.0 Å². The van der Waals surface area contributed by atoms with E-state index in [2.05, 4.69) is 21.3 Å². The Balaban J connectivity index is 1.67. The zero-order valence-electron chi connectivity index (χ0n) is 17.2. The highest BCUT2D eigenvalue weighted by atomic mass is 32.2. The fourth-order valence-electron chi connectivity index (χ4n) is 4.40. The minimum atomic E-state index is -0.937. The lowest BCUT2D eigenvalue weighted by Crippen LogP contribution is -2.55. The normalized spacial score (nSPS) is 33.1. The monoisotopic (exact) mass is 422 g/mol. The molecular formula is C21H34N4O3S. The molecule has 1 aliphatic carbocycles. The van der Waals surface area contributed by atoms with E-state index in [9.17, 15) is 14.4 Å². The number of carbonyl (C=O) groups is 3. The SMILES string of the molecule is C=CC1CC12NC(=O)C1CCCN1C(=O)CCCCCCCCCNSNC2=O. The molecule has 0 aromatic rings. The van der Waals surface area contributed by atoms with Crippen molar-refractivity contribution in [2.45, 2.75) is 82.2 Å². The van der Waals surface area contributed by atoms with E-state index < -0.39 is 11.6 Å². The van der Waals surface area contributed by atoms with E-state index in [-0.39, 0.29) is 23.6 Å². The smallest absolute Gasteiger partial charge is 0.257 e. The lowest BCUT2D eigenvalue weighted by molar-refractivity contribution is -0.139. The molecule has 2 aliphatic heterocycles. The highest BCUT2D eigenvalue weighted by molar-refractivity contribution is 7.96. The maximum absolute atomic E-state index is 13.0. The molecule has 3 unspecified atom stereocenters. The molecule has 3 aliphatic rings. The fraction of sp³-hybridized carbons (Fsp3) is 0.762. The van der Waals surface area contributed by atoms with Gasteiger partial charge in [-0.1, -0.05) is 38.2 Å². The maximum atomic E-state index is 13.0. The number of hydrogen-bond acceptors (Lipinski definition) is 5. The van der Waals surface area contributed by atoms with Crippen molar-refractivity contribution in [1.82, 2.24) is 19.7 Å². The van der Waals surface area contributed by atoms with Gasteiger partial charge in [0, 0.05) is 37.6 Å². The Morgan fingerprint density at radius 2 is 1.76 bits per heavy atom. The topological polar surface area (TPSA) is 90.5 Å². The summed E-state index contributed by atoms with van der Waals surface area (Å²) >= 11 is 1.18. The predicted molar refractivity (Wildman–Crippen MR) is 115 cm³/mol. The second-order valence-electron chi connectivity index (χ2n) is 8.40. The molecular weight excluding hydrogens is 388 g/mol. The Hall–Kier alpha value is -1.54. The van der Waals surface area contributed by atoms with Crippen molar-refractivity contribution in [2.75, 3.05) is 13.1 Å². The van der Waals surface area contributed by atoms with E-state index in [0.717, 1.165) is 45.1 Å². The average Bonchev–Trinajstić information content (AvgIpc) is 3.19. The number of fused-ring (bicyclic) bond motifs is 1. The summed E-state index contributed by atoms with van der Waals surface area (Å²) in [6, 6.07) is -0.467. The third-order valence-corrected chi connectivity index (χ3v) is 6.95. The van der Waals surface area contributed by atoms with Crippen molar-refractivity contribution in [2.24, 2.45) is 5.92 Å². The van der Waals surface area contributed by atoms with Gasteiger partial charge in [-0.15, -0.1) is 6.58 Å². The van der Waals surface area contributed by atoms with Crippen LogP contribution in [0.25, 0.3) is 0 Å². The first kappa shape index (κ1) is 22.2. The van der Waals surface area contributed by atoms with Gasteiger partial charge in [0.1, 0.15) is 11.6 Å². The van der Waals surface area contributed by atoms with Gasteiger partial charge in [-0.05, 0) is 32.1 Å². The number of rotatable bonds is 1. The summed E-state index contributed by atoms with van der Waals surface area (Å²) in [5.41, 5.74) is -0.937. The molecule has 8 heteroatoms. The summed E-state index contributed by atoms with van der Waals surface area (Å²) in [4.78, 5) is 40.2. The summed E-state index contributed by atoms with van der Waals surface area (Å²) < 4.78 is 6.00. The predicted octanol–water partition coefficient (Wildman–Crippen LogP) is 2.44. The first-order chi connectivity index (χ1) is 14.1. The molecule has 0 bridgehead atoms. The molecule has 1 saturated carbocycles. The van der Waals surface area contributed by atoms with Crippen LogP contribution in [-0.4, -0.2) is 47.3 Å². The number of nitrogens with one attached hydrogen (secondary N) is 3. The number of carbonyl (C=O) groups excluding carboxylic acids is 3. The van der Waals surface area contributed by atoms with Crippen molar-refractivity contribution in [3.05, 3.63) is 12.7 Å². The zero-order chi connectivity index (χ0) is 20.7. The largest absolute Gasteiger partial charge is 0.339 e. The van der Waals surface area contributed by atoms with Crippen LogP contribution < -0.4 is 14.8 Å². The van der Waals surface area contributed by atoms with Crippen LogP contribution in [0.1, 0.15) is 70.6 Å². The first-order valence-corrected chi connectivity index (χ1v) is 11.8. The molecule has 3 N–H and O–H groups in total. The van der Waals surface area contributed by atoms with Gasteiger partial charge in [0.2, 0.25) is 11.8 Å². The van der Waals surface area contributed by atoms with Gasteiger partial charge in [-0.25, -0.2) is 4.72 Å². The van der Waals surface area contributed by atoms with Crippen molar-refractivity contribution in [1.29, 1.82) is 0 Å². The van der Waals surface area contributed by atoms with Gasteiger partial charge in [0.25, 0.3) is 5.91 Å². The molecule has 3 amide bonds. The number of hydrogen-bond donors (Lipinski definition) is 3. The maximum Gasteiger partial charge on any atom is 0.257 e. The van der Waals surface area contributed by atoms with Crippen molar-refractivity contribution >= 4 is 29.9 Å². The summed E-state index contributed by atoms with van der Waals surface area (Å²) in [5, 5.41) is 2.97.